The van der Waals surface area contributed by atoms with Gasteiger partial charge in [-0.15, -0.1) is 0 Å². The molecule has 0 amide bonds. The van der Waals surface area contributed by atoms with Crippen molar-refractivity contribution in [3.05, 3.63) is 0 Å². The zero-order valence-corrected chi connectivity index (χ0v) is 11.2. The van der Waals surface area contributed by atoms with Gasteiger partial charge < -0.3 is 15.6 Å². The highest BCUT2D eigenvalue weighted by molar-refractivity contribution is 4.96. The Labute approximate surface area is 105 Å². The molecule has 17 heavy (non-hydrogen) atoms. The molecule has 1 spiro atoms. The van der Waals surface area contributed by atoms with Crippen LogP contribution in [-0.2, 0) is 4.74 Å². The lowest BCUT2D eigenvalue weighted by atomic mass is 9.68. The van der Waals surface area contributed by atoms with Crippen molar-refractivity contribution in [2.75, 3.05) is 13.2 Å². The zero-order valence-electron chi connectivity index (χ0n) is 11.2. The highest BCUT2D eigenvalue weighted by Gasteiger charge is 2.45. The molecule has 0 aromatic heterocycles. The summed E-state index contributed by atoms with van der Waals surface area (Å²) < 4.78 is 5.91. The summed E-state index contributed by atoms with van der Waals surface area (Å²) in [4.78, 5) is 0. The fraction of sp³-hybridized carbons (Fsp3) is 1.00. The van der Waals surface area contributed by atoms with E-state index in [0.717, 1.165) is 19.4 Å². The molecule has 0 radical (unpaired) electrons. The number of aliphatic hydroxyl groups is 1. The smallest absolute Gasteiger partial charge is 0.0686 e. The second-order valence-electron chi connectivity index (χ2n) is 6.27. The first-order chi connectivity index (χ1) is 8.08. The third-order valence-corrected chi connectivity index (χ3v) is 4.85. The molecule has 3 atom stereocenters. The van der Waals surface area contributed by atoms with Gasteiger partial charge in [-0.3, -0.25) is 0 Å². The zero-order chi connectivity index (χ0) is 12.5. The Bertz CT molecular complexity index is 251. The first-order valence-electron chi connectivity index (χ1n) is 7.10. The van der Waals surface area contributed by atoms with Crippen LogP contribution in [0.25, 0.3) is 0 Å². The largest absolute Gasteiger partial charge is 0.392 e. The van der Waals surface area contributed by atoms with Gasteiger partial charge in [0.1, 0.15) is 0 Å². The summed E-state index contributed by atoms with van der Waals surface area (Å²) in [6, 6.07) is 0. The van der Waals surface area contributed by atoms with Gasteiger partial charge in [-0.1, -0.05) is 13.8 Å². The molecule has 2 aliphatic rings. The van der Waals surface area contributed by atoms with Gasteiger partial charge >= 0.3 is 0 Å². The van der Waals surface area contributed by atoms with Crippen molar-refractivity contribution in [3.8, 4) is 0 Å². The molecule has 1 saturated carbocycles. The molecule has 3 nitrogen and oxygen atoms in total. The minimum Gasteiger partial charge on any atom is -0.392 e. The maximum atomic E-state index is 10.5. The predicted octanol–water partition coefficient (Wildman–Crippen LogP) is 1.93. The predicted molar refractivity (Wildman–Crippen MR) is 68.6 cm³/mol. The minimum atomic E-state index is -0.249. The minimum absolute atomic E-state index is 0.125. The quantitative estimate of drug-likeness (QED) is 0.790. The van der Waals surface area contributed by atoms with E-state index in [1.807, 2.05) is 0 Å². The van der Waals surface area contributed by atoms with E-state index in [0.29, 0.717) is 18.4 Å². The van der Waals surface area contributed by atoms with Crippen LogP contribution >= 0.6 is 0 Å². The third-order valence-electron chi connectivity index (χ3n) is 4.85. The number of nitrogens with two attached hydrogens (primary N) is 1. The van der Waals surface area contributed by atoms with Crippen molar-refractivity contribution < 1.29 is 9.84 Å². The van der Waals surface area contributed by atoms with Crippen molar-refractivity contribution in [2.24, 2.45) is 23.5 Å². The standard InChI is InChI=1S/C14H27NO2/c1-10(2)12(9-15)13(16)11-4-7-17-14(8-11)5-3-6-14/h10-13,16H,3-9,15H2,1-2H3. The Morgan fingerprint density at radius 2 is 2.12 bits per heavy atom. The van der Waals surface area contributed by atoms with Crippen LogP contribution in [0.15, 0.2) is 0 Å². The number of ether oxygens (including phenoxy) is 1. The molecule has 1 saturated heterocycles. The van der Waals surface area contributed by atoms with Crippen molar-refractivity contribution in [1.29, 1.82) is 0 Å². The summed E-state index contributed by atoms with van der Waals surface area (Å²) in [6.07, 6.45) is 5.44. The van der Waals surface area contributed by atoms with E-state index >= 15 is 0 Å². The van der Waals surface area contributed by atoms with Gasteiger partial charge in [-0.05, 0) is 56.4 Å². The highest BCUT2D eigenvalue weighted by Crippen LogP contribution is 2.45. The number of rotatable bonds is 4. The van der Waals surface area contributed by atoms with E-state index < -0.39 is 0 Å². The van der Waals surface area contributed by atoms with Crippen LogP contribution in [0.5, 0.6) is 0 Å². The van der Waals surface area contributed by atoms with Crippen LogP contribution in [0.4, 0.5) is 0 Å². The summed E-state index contributed by atoms with van der Waals surface area (Å²) >= 11 is 0. The average Bonchev–Trinajstić information content (AvgIpc) is 2.27. The molecule has 3 heteroatoms. The van der Waals surface area contributed by atoms with Gasteiger partial charge in [0.15, 0.2) is 0 Å². The Balaban J connectivity index is 1.96. The molecule has 3 N–H and O–H groups in total. The van der Waals surface area contributed by atoms with Crippen LogP contribution in [0.2, 0.25) is 0 Å². The average molecular weight is 241 g/mol. The van der Waals surface area contributed by atoms with Gasteiger partial charge in [-0.2, -0.15) is 0 Å². The lowest BCUT2D eigenvalue weighted by Crippen LogP contribution is -2.50. The van der Waals surface area contributed by atoms with Crippen molar-refractivity contribution in [1.82, 2.24) is 0 Å². The summed E-state index contributed by atoms with van der Waals surface area (Å²) in [6.45, 7) is 5.71. The Hall–Kier alpha value is -0.120. The summed E-state index contributed by atoms with van der Waals surface area (Å²) in [5, 5.41) is 10.5. The molecule has 1 aliphatic carbocycles. The second kappa shape index (κ2) is 5.25. The van der Waals surface area contributed by atoms with Crippen LogP contribution in [0.1, 0.15) is 46.0 Å². The van der Waals surface area contributed by atoms with E-state index in [2.05, 4.69) is 13.8 Å². The molecule has 1 aliphatic heterocycles. The second-order valence-corrected chi connectivity index (χ2v) is 6.27. The SMILES string of the molecule is CC(C)C(CN)C(O)C1CCOC2(CCC2)C1. The van der Waals surface area contributed by atoms with Crippen molar-refractivity contribution in [2.45, 2.75) is 57.7 Å². The lowest BCUT2D eigenvalue weighted by molar-refractivity contribution is -0.162. The van der Waals surface area contributed by atoms with E-state index in [9.17, 15) is 5.11 Å². The lowest BCUT2D eigenvalue weighted by Gasteiger charge is -2.49. The maximum absolute atomic E-state index is 10.5. The van der Waals surface area contributed by atoms with Crippen LogP contribution in [0, 0.1) is 17.8 Å². The molecular formula is C14H27NO2. The highest BCUT2D eigenvalue weighted by atomic mass is 16.5. The fourth-order valence-electron chi connectivity index (χ4n) is 3.43. The van der Waals surface area contributed by atoms with Gasteiger partial charge in [-0.25, -0.2) is 0 Å². The Kier molecular flexibility index (Phi) is 4.11. The Morgan fingerprint density at radius 3 is 2.59 bits per heavy atom. The molecule has 0 bridgehead atoms. The normalized spacial score (nSPS) is 31.2. The van der Waals surface area contributed by atoms with E-state index in [-0.39, 0.29) is 17.6 Å². The summed E-state index contributed by atoms with van der Waals surface area (Å²) in [5.41, 5.74) is 5.93. The topological polar surface area (TPSA) is 55.5 Å². The fourth-order valence-corrected chi connectivity index (χ4v) is 3.43. The van der Waals surface area contributed by atoms with E-state index in [1.54, 1.807) is 0 Å². The van der Waals surface area contributed by atoms with Gasteiger partial charge in [0.25, 0.3) is 0 Å². The molecule has 2 fully saturated rings. The maximum Gasteiger partial charge on any atom is 0.0686 e. The molecule has 3 unspecified atom stereocenters. The van der Waals surface area contributed by atoms with E-state index in [4.69, 9.17) is 10.5 Å². The monoisotopic (exact) mass is 241 g/mol. The number of hydrogen-bond donors (Lipinski definition) is 2. The third kappa shape index (κ3) is 2.67. The van der Waals surface area contributed by atoms with Crippen molar-refractivity contribution in [3.63, 3.8) is 0 Å². The van der Waals surface area contributed by atoms with Gasteiger partial charge in [0, 0.05) is 6.61 Å². The van der Waals surface area contributed by atoms with Crippen molar-refractivity contribution >= 4 is 0 Å². The van der Waals surface area contributed by atoms with Crippen LogP contribution < -0.4 is 5.73 Å². The van der Waals surface area contributed by atoms with Crippen LogP contribution in [0.3, 0.4) is 0 Å². The first kappa shape index (κ1) is 13.3. The molecular weight excluding hydrogens is 214 g/mol. The summed E-state index contributed by atoms with van der Waals surface area (Å²) in [5.74, 6) is 1.07. The number of aliphatic hydroxyl groups excluding tert-OH is 1. The molecule has 100 valence electrons. The van der Waals surface area contributed by atoms with E-state index in [1.165, 1.54) is 19.3 Å². The number of hydrogen-bond acceptors (Lipinski definition) is 3. The van der Waals surface area contributed by atoms with Gasteiger partial charge in [0.05, 0.1) is 11.7 Å². The molecule has 1 heterocycles. The first-order valence-corrected chi connectivity index (χ1v) is 7.10. The summed E-state index contributed by atoms with van der Waals surface area (Å²) in [7, 11) is 0. The van der Waals surface area contributed by atoms with Crippen LogP contribution in [-0.4, -0.2) is 30.0 Å². The van der Waals surface area contributed by atoms with Gasteiger partial charge in [0.2, 0.25) is 0 Å². The molecule has 0 aromatic rings. The molecule has 0 aromatic carbocycles. The molecule has 2 rings (SSSR count). The Morgan fingerprint density at radius 1 is 1.41 bits per heavy atom.